The maximum Gasteiger partial charge on any atom is 0.249 e. The van der Waals surface area contributed by atoms with Crippen molar-refractivity contribution in [1.29, 1.82) is 0 Å². The molecule has 1 unspecified atom stereocenters. The van der Waals surface area contributed by atoms with Crippen LogP contribution in [0.4, 0.5) is 0 Å². The molecule has 0 aromatic heterocycles. The molecule has 2 aliphatic heterocycles. The fourth-order valence-electron chi connectivity index (χ4n) is 3.62. The highest BCUT2D eigenvalue weighted by atomic mass is 16.5. The summed E-state index contributed by atoms with van der Waals surface area (Å²) in [6.07, 6.45) is 3.58. The number of carbonyl (C=O) groups is 2. The monoisotopic (exact) mass is 414 g/mol. The molecule has 2 heterocycles. The number of benzene rings is 1. The number of rotatable bonds is 8. The van der Waals surface area contributed by atoms with Crippen molar-refractivity contribution in [3.8, 4) is 11.5 Å². The molecule has 0 fully saturated rings. The summed E-state index contributed by atoms with van der Waals surface area (Å²) in [5.41, 5.74) is 1.49. The summed E-state index contributed by atoms with van der Waals surface area (Å²) < 4.78 is 16.7. The zero-order chi connectivity index (χ0) is 21.8. The molecule has 7 nitrogen and oxygen atoms in total. The van der Waals surface area contributed by atoms with Crippen LogP contribution in [0.2, 0.25) is 0 Å². The molecule has 1 atom stereocenters. The van der Waals surface area contributed by atoms with Gasteiger partial charge in [-0.15, -0.1) is 0 Å². The lowest BCUT2D eigenvalue weighted by atomic mass is 9.97. The van der Waals surface area contributed by atoms with Gasteiger partial charge in [-0.3, -0.25) is 9.59 Å². The lowest BCUT2D eigenvalue weighted by Gasteiger charge is -2.31. The number of ether oxygens (including phenoxy) is 3. The largest absolute Gasteiger partial charge is 0.493 e. The van der Waals surface area contributed by atoms with Crippen molar-refractivity contribution in [2.45, 2.75) is 33.2 Å². The highest BCUT2D eigenvalue weighted by molar-refractivity contribution is 6.15. The van der Waals surface area contributed by atoms with Gasteiger partial charge in [0.2, 0.25) is 5.91 Å². The SMILES string of the molecule is COCC(C)NC(=O)C1=c2cc(OCC(C)C)c(OC)cc2=C2CC(=O)C=CN2C1. The smallest absolute Gasteiger partial charge is 0.249 e. The minimum Gasteiger partial charge on any atom is -0.493 e. The van der Waals surface area contributed by atoms with Crippen LogP contribution in [0, 0.1) is 5.92 Å². The predicted molar refractivity (Wildman–Crippen MR) is 114 cm³/mol. The van der Waals surface area contributed by atoms with E-state index >= 15 is 0 Å². The highest BCUT2D eigenvalue weighted by Gasteiger charge is 2.27. The van der Waals surface area contributed by atoms with Crippen LogP contribution in [0.5, 0.6) is 11.5 Å². The van der Waals surface area contributed by atoms with Gasteiger partial charge in [0.1, 0.15) is 0 Å². The number of methoxy groups -OCH3 is 2. The molecule has 0 saturated heterocycles. The average Bonchev–Trinajstić information content (AvgIpc) is 2.71. The Balaban J connectivity index is 2.18. The number of nitrogens with zero attached hydrogens (tertiary/aromatic N) is 1. The van der Waals surface area contributed by atoms with E-state index in [-0.39, 0.29) is 24.2 Å². The van der Waals surface area contributed by atoms with Gasteiger partial charge in [-0.2, -0.15) is 0 Å². The first kappa shape index (κ1) is 21.9. The van der Waals surface area contributed by atoms with Gasteiger partial charge in [0.25, 0.3) is 0 Å². The molecule has 0 radical (unpaired) electrons. The minimum absolute atomic E-state index is 0.0351. The van der Waals surface area contributed by atoms with Gasteiger partial charge in [0, 0.05) is 35.8 Å². The Hall–Kier alpha value is -2.80. The number of ketones is 1. The van der Waals surface area contributed by atoms with E-state index in [2.05, 4.69) is 19.2 Å². The number of fused-ring (bicyclic) bond motifs is 2. The molecule has 162 valence electrons. The van der Waals surface area contributed by atoms with Crippen LogP contribution in [0.25, 0.3) is 11.3 Å². The summed E-state index contributed by atoms with van der Waals surface area (Å²) in [5, 5.41) is 4.58. The van der Waals surface area contributed by atoms with Crippen LogP contribution in [-0.4, -0.2) is 56.6 Å². The highest BCUT2D eigenvalue weighted by Crippen LogP contribution is 2.27. The van der Waals surface area contributed by atoms with E-state index in [4.69, 9.17) is 14.2 Å². The van der Waals surface area contributed by atoms with Crippen molar-refractivity contribution in [1.82, 2.24) is 10.2 Å². The first-order valence-electron chi connectivity index (χ1n) is 10.2. The second kappa shape index (κ2) is 9.34. The van der Waals surface area contributed by atoms with Crippen molar-refractivity contribution in [2.75, 3.05) is 34.0 Å². The number of amides is 1. The van der Waals surface area contributed by atoms with E-state index in [1.54, 1.807) is 26.5 Å². The van der Waals surface area contributed by atoms with E-state index in [1.807, 2.05) is 24.0 Å². The molecule has 0 saturated carbocycles. The van der Waals surface area contributed by atoms with Crippen LogP contribution in [-0.2, 0) is 14.3 Å². The number of hydrogen-bond acceptors (Lipinski definition) is 6. The van der Waals surface area contributed by atoms with E-state index in [0.29, 0.717) is 42.7 Å². The maximum atomic E-state index is 13.1. The first-order chi connectivity index (χ1) is 14.3. The lowest BCUT2D eigenvalue weighted by molar-refractivity contribution is -0.116. The molecule has 30 heavy (non-hydrogen) atoms. The third kappa shape index (κ3) is 4.67. The average molecular weight is 415 g/mol. The summed E-state index contributed by atoms with van der Waals surface area (Å²) in [7, 11) is 3.19. The molecule has 3 rings (SSSR count). The van der Waals surface area contributed by atoms with Crippen LogP contribution >= 0.6 is 0 Å². The molecule has 1 aromatic carbocycles. The second-order valence-corrected chi connectivity index (χ2v) is 8.10. The molecule has 7 heteroatoms. The molecule has 0 aliphatic carbocycles. The fourth-order valence-corrected chi connectivity index (χ4v) is 3.62. The van der Waals surface area contributed by atoms with Crippen molar-refractivity contribution < 1.29 is 23.8 Å². The minimum atomic E-state index is -0.162. The Labute approximate surface area is 177 Å². The van der Waals surface area contributed by atoms with Crippen LogP contribution in [0.3, 0.4) is 0 Å². The molecule has 0 bridgehead atoms. The molecular formula is C23H30N2O5. The van der Waals surface area contributed by atoms with Crippen molar-refractivity contribution >= 4 is 23.0 Å². The number of carbonyl (C=O) groups excluding carboxylic acids is 2. The summed E-state index contributed by atoms with van der Waals surface area (Å²) >= 11 is 0. The fraction of sp³-hybridized carbons (Fsp3) is 0.478. The Bertz CT molecular complexity index is 980. The predicted octanol–water partition coefficient (Wildman–Crippen LogP) is 0.942. The molecule has 2 aliphatic rings. The zero-order valence-electron chi connectivity index (χ0n) is 18.3. The normalized spacial score (nSPS) is 16.3. The topological polar surface area (TPSA) is 77.1 Å². The van der Waals surface area contributed by atoms with Gasteiger partial charge in [-0.25, -0.2) is 0 Å². The molecule has 1 N–H and O–H groups in total. The molecular weight excluding hydrogens is 384 g/mol. The van der Waals surface area contributed by atoms with Gasteiger partial charge in [0.15, 0.2) is 17.3 Å². The summed E-state index contributed by atoms with van der Waals surface area (Å²) in [6.45, 7) is 7.38. The van der Waals surface area contributed by atoms with Crippen LogP contribution in [0.15, 0.2) is 24.4 Å². The molecule has 1 amide bonds. The zero-order valence-corrected chi connectivity index (χ0v) is 18.3. The van der Waals surface area contributed by atoms with Gasteiger partial charge in [0.05, 0.1) is 33.3 Å². The lowest BCUT2D eigenvalue weighted by Crippen LogP contribution is -2.48. The Morgan fingerprint density at radius 3 is 2.53 bits per heavy atom. The third-order valence-electron chi connectivity index (χ3n) is 5.04. The van der Waals surface area contributed by atoms with E-state index in [1.165, 1.54) is 0 Å². The standard InChI is InChI=1S/C23H30N2O5/c1-14(2)12-30-22-9-17-18(10-21(22)29-5)20-8-16(26)6-7-25(20)11-19(17)23(27)24-15(3)13-28-4/h6-7,9-10,14-15H,8,11-13H2,1-5H3,(H,24,27). The third-order valence-corrected chi connectivity index (χ3v) is 5.04. The Kier molecular flexibility index (Phi) is 6.82. The molecule has 0 spiro atoms. The van der Waals surface area contributed by atoms with Crippen LogP contribution < -0.4 is 25.2 Å². The van der Waals surface area contributed by atoms with E-state index in [0.717, 1.165) is 16.1 Å². The van der Waals surface area contributed by atoms with E-state index < -0.39 is 0 Å². The van der Waals surface area contributed by atoms with Crippen molar-refractivity contribution in [3.63, 3.8) is 0 Å². The molecule has 1 aromatic rings. The van der Waals surface area contributed by atoms with Crippen molar-refractivity contribution in [2.24, 2.45) is 5.92 Å². The van der Waals surface area contributed by atoms with Gasteiger partial charge >= 0.3 is 0 Å². The van der Waals surface area contributed by atoms with Crippen molar-refractivity contribution in [3.05, 3.63) is 34.8 Å². The maximum absolute atomic E-state index is 13.1. The van der Waals surface area contributed by atoms with E-state index in [9.17, 15) is 9.59 Å². The Morgan fingerprint density at radius 1 is 1.13 bits per heavy atom. The summed E-state index contributed by atoms with van der Waals surface area (Å²) in [5.74, 6) is 1.39. The van der Waals surface area contributed by atoms with Crippen LogP contribution in [0.1, 0.15) is 27.2 Å². The summed E-state index contributed by atoms with van der Waals surface area (Å²) in [6, 6.07) is 3.60. The first-order valence-corrected chi connectivity index (χ1v) is 10.2. The van der Waals surface area contributed by atoms with Gasteiger partial charge in [-0.05, 0) is 36.3 Å². The number of nitrogens with one attached hydrogen (secondary N) is 1. The van der Waals surface area contributed by atoms with Gasteiger partial charge < -0.3 is 24.4 Å². The second-order valence-electron chi connectivity index (χ2n) is 8.10. The quantitative estimate of drug-likeness (QED) is 0.682. The van der Waals surface area contributed by atoms with Gasteiger partial charge in [-0.1, -0.05) is 13.8 Å². The summed E-state index contributed by atoms with van der Waals surface area (Å²) in [4.78, 5) is 27.1. The number of allylic oxidation sites excluding steroid dienone is 1. The number of hydrogen-bond donors (Lipinski definition) is 1. The Morgan fingerprint density at radius 2 is 1.87 bits per heavy atom.